The molecule has 0 bridgehead atoms. The fourth-order valence-electron chi connectivity index (χ4n) is 19.4. The number of rotatable bonds is 5. The van der Waals surface area contributed by atoms with Gasteiger partial charge in [0.05, 0.1) is 11.1 Å². The van der Waals surface area contributed by atoms with Gasteiger partial charge in [-0.2, -0.15) is 0 Å². The summed E-state index contributed by atoms with van der Waals surface area (Å²) in [5.74, 6) is 5.17. The maximum Gasteiger partial charge on any atom is 0.248 e. The van der Waals surface area contributed by atoms with Crippen LogP contribution >= 0.6 is 0 Å². The van der Waals surface area contributed by atoms with Gasteiger partial charge in [0.2, 0.25) is 6.71 Å². The van der Waals surface area contributed by atoms with Crippen molar-refractivity contribution in [3.05, 3.63) is 180 Å². The fourth-order valence-corrected chi connectivity index (χ4v) is 24.7. The standard InChI is InChI=1S/C66H63BN2Si/c1-63(35-42-29-40-30-43(36-63)58(40)42)39-51-49-21-15-25-56-61(49)67-60-50(51)33-46(68-53-23-12-11-22-52(53)65(3)27-13-14-28-66(65,68)4)34-55(60)69(64(2)37-44-31-41-32-45(38-64)59(41)44)54-24-16-26-57(62(54)67)70(56,47-17-7-5-8-18-47)48-19-9-6-10-20-48/h5-12,15-26,33-35,37,39-41,43,45,58-59H,13-14,27-32,36,38H2,1-4H3/b51-39+. The zero-order valence-electron chi connectivity index (χ0n) is 41.4. The second kappa shape index (κ2) is 13.1. The van der Waals surface area contributed by atoms with E-state index in [9.17, 15) is 0 Å². The molecule has 0 aromatic heterocycles. The van der Waals surface area contributed by atoms with Crippen LogP contribution in [0.5, 0.6) is 0 Å². The molecule has 10 atom stereocenters. The van der Waals surface area contributed by atoms with Gasteiger partial charge in [-0.3, -0.25) is 0 Å². The van der Waals surface area contributed by atoms with Gasteiger partial charge in [-0.1, -0.05) is 171 Å². The summed E-state index contributed by atoms with van der Waals surface area (Å²) >= 11 is 0. The van der Waals surface area contributed by atoms with Crippen LogP contribution in [0.4, 0.5) is 22.7 Å². The molecule has 11 aliphatic rings. The van der Waals surface area contributed by atoms with Crippen molar-refractivity contribution < 1.29 is 0 Å². The van der Waals surface area contributed by atoms with Gasteiger partial charge in [-0.05, 0) is 179 Å². The molecule has 2 nitrogen and oxygen atoms in total. The van der Waals surface area contributed by atoms with Crippen molar-refractivity contribution in [2.45, 2.75) is 108 Å². The number of fused-ring (bicyclic) bond motifs is 3. The number of benzene rings is 6. The van der Waals surface area contributed by atoms with Crippen LogP contribution in [0.15, 0.2) is 163 Å². The highest BCUT2D eigenvalue weighted by Gasteiger charge is 2.62. The van der Waals surface area contributed by atoms with Crippen LogP contribution in [0, 0.1) is 40.9 Å². The van der Waals surface area contributed by atoms with E-state index in [2.05, 4.69) is 189 Å². The van der Waals surface area contributed by atoms with E-state index >= 15 is 0 Å². The van der Waals surface area contributed by atoms with E-state index in [1.54, 1.807) is 43.5 Å². The number of allylic oxidation sites excluding steroid dienone is 4. The highest BCUT2D eigenvalue weighted by Crippen LogP contribution is 2.67. The number of anilines is 4. The molecule has 344 valence electrons. The molecule has 4 heterocycles. The van der Waals surface area contributed by atoms with Crippen LogP contribution in [-0.4, -0.2) is 25.9 Å². The third-order valence-corrected chi connectivity index (χ3v) is 27.1. The maximum atomic E-state index is 2.99. The molecule has 5 saturated carbocycles. The van der Waals surface area contributed by atoms with E-state index in [1.807, 2.05) is 0 Å². The van der Waals surface area contributed by atoms with Gasteiger partial charge in [-0.25, -0.2) is 0 Å². The average Bonchev–Trinajstić information content (AvgIpc) is 3.56. The Morgan fingerprint density at radius 3 is 1.91 bits per heavy atom. The molecule has 10 unspecified atom stereocenters. The molecular weight excluding hydrogens is 860 g/mol. The zero-order valence-corrected chi connectivity index (χ0v) is 42.4. The van der Waals surface area contributed by atoms with Gasteiger partial charge in [-0.15, -0.1) is 0 Å². The Kier molecular flexibility index (Phi) is 7.49. The Morgan fingerprint density at radius 1 is 0.557 bits per heavy atom. The van der Waals surface area contributed by atoms with Gasteiger partial charge < -0.3 is 9.80 Å². The second-order valence-corrected chi connectivity index (χ2v) is 29.3. The lowest BCUT2D eigenvalue weighted by Crippen LogP contribution is -2.88. The average molecular weight is 923 g/mol. The minimum Gasteiger partial charge on any atom is -0.334 e. The van der Waals surface area contributed by atoms with Crippen molar-refractivity contribution in [2.75, 3.05) is 9.80 Å². The SMILES string of the molecule is CC1(/C=C2/c3cc(N4c5ccccc5C5(C)CCCCC45C)cc4c3B3c5c2cccc5[Si](c2ccccc2)(c2ccccc2)c2cccc(c23)N4C2(C)C=C3CC4CC(C2)C34)C=C2CC3CC(C1)C23. The van der Waals surface area contributed by atoms with Crippen LogP contribution in [-0.2, 0) is 5.41 Å². The molecule has 0 spiro atoms. The van der Waals surface area contributed by atoms with E-state index < -0.39 is 8.07 Å². The summed E-state index contributed by atoms with van der Waals surface area (Å²) in [5.41, 5.74) is 19.9. The second-order valence-electron chi connectivity index (χ2n) is 25.6. The Morgan fingerprint density at radius 2 is 1.20 bits per heavy atom. The fraction of sp³-hybridized carbons (Fsp3) is 0.364. The van der Waals surface area contributed by atoms with E-state index in [1.165, 1.54) is 114 Å². The number of hydrogen-bond donors (Lipinski definition) is 0. The first kappa shape index (κ1) is 40.1. The number of hydrogen-bond acceptors (Lipinski definition) is 2. The Hall–Kier alpha value is -5.58. The topological polar surface area (TPSA) is 6.48 Å². The first-order chi connectivity index (χ1) is 34.1. The minimum absolute atomic E-state index is 0.0108. The molecule has 70 heavy (non-hydrogen) atoms. The number of para-hydroxylation sites is 1. The Labute approximate surface area is 416 Å². The normalized spacial score (nSPS) is 35.6. The molecule has 6 aromatic carbocycles. The van der Waals surface area contributed by atoms with Crippen molar-refractivity contribution in [3.8, 4) is 0 Å². The van der Waals surface area contributed by atoms with Gasteiger partial charge in [0.25, 0.3) is 0 Å². The molecule has 7 aliphatic carbocycles. The van der Waals surface area contributed by atoms with E-state index in [-0.39, 0.29) is 28.6 Å². The third kappa shape index (κ3) is 4.59. The number of nitrogens with zero attached hydrogens (tertiary/aromatic N) is 2. The summed E-state index contributed by atoms with van der Waals surface area (Å²) in [7, 11) is -2.89. The first-order valence-corrected chi connectivity index (χ1v) is 29.5. The van der Waals surface area contributed by atoms with Gasteiger partial charge in [0, 0.05) is 33.6 Å². The van der Waals surface area contributed by atoms with Crippen molar-refractivity contribution in [1.29, 1.82) is 0 Å². The van der Waals surface area contributed by atoms with E-state index in [0.29, 0.717) is 0 Å². The molecule has 0 saturated heterocycles. The summed E-state index contributed by atoms with van der Waals surface area (Å²) < 4.78 is 0. The molecule has 4 heteroatoms. The summed E-state index contributed by atoms with van der Waals surface area (Å²) in [6.07, 6.45) is 21.4. The molecule has 5 fully saturated rings. The summed E-state index contributed by atoms with van der Waals surface area (Å²) in [6, 6.07) is 54.1. The van der Waals surface area contributed by atoms with Crippen LogP contribution in [0.3, 0.4) is 0 Å². The van der Waals surface area contributed by atoms with Crippen molar-refractivity contribution >= 4 is 80.2 Å². The quantitative estimate of drug-likeness (QED) is 0.125. The molecule has 17 rings (SSSR count). The van der Waals surface area contributed by atoms with E-state index in [0.717, 1.165) is 35.5 Å². The van der Waals surface area contributed by atoms with Crippen LogP contribution in [0.25, 0.3) is 5.57 Å². The molecule has 0 N–H and O–H groups in total. The third-order valence-electron chi connectivity index (χ3n) is 22.2. The van der Waals surface area contributed by atoms with E-state index in [4.69, 9.17) is 0 Å². The van der Waals surface area contributed by atoms with Crippen molar-refractivity contribution in [1.82, 2.24) is 0 Å². The molecule has 0 amide bonds. The molecule has 4 aliphatic heterocycles. The van der Waals surface area contributed by atoms with Crippen LogP contribution in [0.1, 0.15) is 109 Å². The summed E-state index contributed by atoms with van der Waals surface area (Å²) in [6.45, 7) is 10.7. The first-order valence-electron chi connectivity index (χ1n) is 27.5. The smallest absolute Gasteiger partial charge is 0.248 e. The highest BCUT2D eigenvalue weighted by atomic mass is 28.3. The predicted octanol–water partition coefficient (Wildman–Crippen LogP) is 10.6. The highest BCUT2D eigenvalue weighted by molar-refractivity contribution is 7.27. The zero-order chi connectivity index (χ0) is 46.3. The Bertz CT molecular complexity index is 3400. The summed E-state index contributed by atoms with van der Waals surface area (Å²) in [5, 5.41) is 6.16. The lowest BCUT2D eigenvalue weighted by Gasteiger charge is -2.63. The lowest BCUT2D eigenvalue weighted by molar-refractivity contribution is 0.00263. The maximum absolute atomic E-state index is 2.99. The predicted molar refractivity (Wildman–Crippen MR) is 295 cm³/mol. The van der Waals surface area contributed by atoms with Crippen LogP contribution in [0.2, 0.25) is 0 Å². The monoisotopic (exact) mass is 922 g/mol. The van der Waals surface area contributed by atoms with Crippen LogP contribution < -0.4 is 46.9 Å². The minimum atomic E-state index is -2.89. The molecule has 6 aromatic rings. The Balaban J connectivity index is 1.02. The van der Waals surface area contributed by atoms with Gasteiger partial charge >= 0.3 is 0 Å². The van der Waals surface area contributed by atoms with Crippen molar-refractivity contribution in [2.24, 2.45) is 40.9 Å². The molecule has 0 radical (unpaired) electrons. The van der Waals surface area contributed by atoms with Gasteiger partial charge in [0.15, 0.2) is 8.07 Å². The summed E-state index contributed by atoms with van der Waals surface area (Å²) in [4.78, 5) is 5.89. The van der Waals surface area contributed by atoms with Gasteiger partial charge in [0.1, 0.15) is 0 Å². The van der Waals surface area contributed by atoms with Crippen molar-refractivity contribution in [3.63, 3.8) is 0 Å². The largest absolute Gasteiger partial charge is 0.334 e. The lowest BCUT2D eigenvalue weighted by atomic mass is 9.31. The molecular formula is C66H63BN2Si.